The molecule has 1 amide bonds. The smallest absolute Gasteiger partial charge is 0.234 e. The highest BCUT2D eigenvalue weighted by Gasteiger charge is 2.33. The summed E-state index contributed by atoms with van der Waals surface area (Å²) in [6.45, 7) is 0.439. The van der Waals surface area contributed by atoms with Gasteiger partial charge in [0.2, 0.25) is 5.91 Å². The van der Waals surface area contributed by atoms with E-state index < -0.39 is 0 Å². The number of hydrogen-bond donors (Lipinski definition) is 0. The van der Waals surface area contributed by atoms with Crippen molar-refractivity contribution in [2.24, 2.45) is 0 Å². The van der Waals surface area contributed by atoms with Crippen molar-refractivity contribution in [1.82, 2.24) is 9.47 Å². The molecule has 1 fully saturated rings. The maximum absolute atomic E-state index is 13.9. The minimum absolute atomic E-state index is 0.0834. The maximum Gasteiger partial charge on any atom is 0.234 e. The second-order valence-electron chi connectivity index (χ2n) is 5.57. The standard InChI is InChI=1S/C18H15FN2O2S/c19-15-5-1-2-6-16(15)20-8-7-13(10-20)18-21(17(22)12-24-18)11-14-4-3-9-23-14/h1-10,18H,11-12H2/t18-/m1/s1. The van der Waals surface area contributed by atoms with Crippen LogP contribution in [0.1, 0.15) is 16.7 Å². The molecule has 6 heteroatoms. The van der Waals surface area contributed by atoms with Gasteiger partial charge in [0.15, 0.2) is 0 Å². The molecule has 122 valence electrons. The molecule has 0 N–H and O–H groups in total. The number of benzene rings is 1. The average molecular weight is 342 g/mol. The fraction of sp³-hybridized carbons (Fsp3) is 0.167. The molecule has 1 saturated heterocycles. The van der Waals surface area contributed by atoms with Gasteiger partial charge in [-0.1, -0.05) is 12.1 Å². The van der Waals surface area contributed by atoms with Crippen molar-refractivity contribution in [2.45, 2.75) is 11.9 Å². The summed E-state index contributed by atoms with van der Waals surface area (Å²) in [7, 11) is 0. The number of carbonyl (C=O) groups is 1. The highest BCUT2D eigenvalue weighted by Crippen LogP contribution is 2.40. The van der Waals surface area contributed by atoms with E-state index in [0.29, 0.717) is 18.0 Å². The number of para-hydroxylation sites is 1. The summed E-state index contributed by atoms with van der Waals surface area (Å²) in [6, 6.07) is 12.2. The lowest BCUT2D eigenvalue weighted by molar-refractivity contribution is -0.128. The zero-order chi connectivity index (χ0) is 16.5. The molecular formula is C18H15FN2O2S. The van der Waals surface area contributed by atoms with Crippen LogP contribution in [0.5, 0.6) is 0 Å². The van der Waals surface area contributed by atoms with Gasteiger partial charge in [0.05, 0.1) is 24.2 Å². The number of hydrogen-bond acceptors (Lipinski definition) is 3. The van der Waals surface area contributed by atoms with Crippen LogP contribution in [0.3, 0.4) is 0 Å². The van der Waals surface area contributed by atoms with Crippen LogP contribution < -0.4 is 0 Å². The Kier molecular flexibility index (Phi) is 3.90. The normalized spacial score (nSPS) is 17.6. The second kappa shape index (κ2) is 6.20. The van der Waals surface area contributed by atoms with Crippen molar-refractivity contribution in [3.8, 4) is 5.69 Å². The molecule has 1 aliphatic heterocycles. The van der Waals surface area contributed by atoms with E-state index in [2.05, 4.69) is 0 Å². The summed E-state index contributed by atoms with van der Waals surface area (Å²) in [5.74, 6) is 1.00. The van der Waals surface area contributed by atoms with Crippen molar-refractivity contribution < 1.29 is 13.6 Å². The van der Waals surface area contributed by atoms with E-state index in [1.54, 1.807) is 45.7 Å². The molecule has 1 aliphatic rings. The van der Waals surface area contributed by atoms with Crippen LogP contribution in [0.2, 0.25) is 0 Å². The molecule has 0 radical (unpaired) electrons. The Morgan fingerprint density at radius 1 is 1.21 bits per heavy atom. The number of rotatable bonds is 4. The summed E-state index contributed by atoms with van der Waals surface area (Å²) in [5, 5.41) is -0.0874. The molecule has 2 aromatic heterocycles. The quantitative estimate of drug-likeness (QED) is 0.720. The molecule has 24 heavy (non-hydrogen) atoms. The minimum Gasteiger partial charge on any atom is -0.467 e. The van der Waals surface area contributed by atoms with Crippen molar-refractivity contribution in [3.63, 3.8) is 0 Å². The summed E-state index contributed by atoms with van der Waals surface area (Å²) in [6.07, 6.45) is 5.30. The summed E-state index contributed by atoms with van der Waals surface area (Å²) < 4.78 is 21.1. The molecule has 0 spiro atoms. The van der Waals surface area contributed by atoms with Crippen LogP contribution in [0.25, 0.3) is 5.69 Å². The van der Waals surface area contributed by atoms with Crippen LogP contribution in [0, 0.1) is 5.82 Å². The molecule has 0 aliphatic carbocycles. The Labute approximate surface area is 142 Å². The largest absolute Gasteiger partial charge is 0.467 e. The fourth-order valence-corrected chi connectivity index (χ4v) is 4.01. The molecule has 4 rings (SSSR count). The Hall–Kier alpha value is -2.47. The van der Waals surface area contributed by atoms with Gasteiger partial charge < -0.3 is 13.9 Å². The Morgan fingerprint density at radius 2 is 2.08 bits per heavy atom. The van der Waals surface area contributed by atoms with Crippen molar-refractivity contribution in [1.29, 1.82) is 0 Å². The van der Waals surface area contributed by atoms with E-state index in [9.17, 15) is 9.18 Å². The SMILES string of the molecule is O=C1CS[C@H](c2ccn(-c3ccccc3F)c2)N1Cc1ccco1. The van der Waals surface area contributed by atoms with Gasteiger partial charge in [-0.3, -0.25) is 4.79 Å². The summed E-state index contributed by atoms with van der Waals surface area (Å²) in [5.41, 5.74) is 1.47. The lowest BCUT2D eigenvalue weighted by atomic mass is 10.3. The number of thioether (sulfide) groups is 1. The Balaban J connectivity index is 1.61. The predicted octanol–water partition coefficient (Wildman–Crippen LogP) is 3.98. The number of amides is 1. The topological polar surface area (TPSA) is 38.4 Å². The number of carbonyl (C=O) groups excluding carboxylic acids is 1. The number of furan rings is 1. The zero-order valence-corrected chi connectivity index (χ0v) is 13.6. The molecule has 4 nitrogen and oxygen atoms in total. The molecule has 1 atom stereocenters. The average Bonchev–Trinajstić information content (AvgIpc) is 3.31. The summed E-state index contributed by atoms with van der Waals surface area (Å²) >= 11 is 1.57. The van der Waals surface area contributed by atoms with Gasteiger partial charge in [-0.15, -0.1) is 11.8 Å². The van der Waals surface area contributed by atoms with Crippen molar-refractivity contribution in [2.75, 3.05) is 5.75 Å². The fourth-order valence-electron chi connectivity index (χ4n) is 2.84. The van der Waals surface area contributed by atoms with Gasteiger partial charge in [-0.25, -0.2) is 4.39 Å². The first-order valence-corrected chi connectivity index (χ1v) is 8.63. The molecule has 3 heterocycles. The van der Waals surface area contributed by atoms with E-state index in [1.165, 1.54) is 6.07 Å². The van der Waals surface area contributed by atoms with E-state index in [4.69, 9.17) is 4.42 Å². The highest BCUT2D eigenvalue weighted by molar-refractivity contribution is 8.00. The first-order valence-electron chi connectivity index (χ1n) is 7.58. The molecule has 0 unspecified atom stereocenters. The zero-order valence-electron chi connectivity index (χ0n) is 12.8. The monoisotopic (exact) mass is 342 g/mol. The molecule has 1 aromatic carbocycles. The lowest BCUT2D eigenvalue weighted by Gasteiger charge is -2.22. The maximum atomic E-state index is 13.9. The van der Waals surface area contributed by atoms with E-state index in [-0.39, 0.29) is 17.1 Å². The van der Waals surface area contributed by atoms with Gasteiger partial charge >= 0.3 is 0 Å². The minimum atomic E-state index is -0.276. The molecule has 0 bridgehead atoms. The van der Waals surface area contributed by atoms with E-state index >= 15 is 0 Å². The first-order chi connectivity index (χ1) is 11.7. The van der Waals surface area contributed by atoms with Gasteiger partial charge in [0, 0.05) is 18.0 Å². The van der Waals surface area contributed by atoms with E-state index in [0.717, 1.165) is 11.3 Å². The van der Waals surface area contributed by atoms with Crippen LogP contribution in [0.4, 0.5) is 4.39 Å². The number of aromatic nitrogens is 1. The van der Waals surface area contributed by atoms with Crippen molar-refractivity contribution >= 4 is 17.7 Å². The third-order valence-electron chi connectivity index (χ3n) is 4.01. The number of nitrogens with zero attached hydrogens (tertiary/aromatic N) is 2. The van der Waals surface area contributed by atoms with Crippen LogP contribution in [0.15, 0.2) is 65.5 Å². The predicted molar refractivity (Wildman–Crippen MR) is 90.2 cm³/mol. The van der Waals surface area contributed by atoms with Crippen LogP contribution >= 0.6 is 11.8 Å². The van der Waals surface area contributed by atoms with Gasteiger partial charge in [-0.2, -0.15) is 0 Å². The Morgan fingerprint density at radius 3 is 2.88 bits per heavy atom. The van der Waals surface area contributed by atoms with Gasteiger partial charge in [0.1, 0.15) is 17.0 Å². The van der Waals surface area contributed by atoms with Gasteiger partial charge in [0.25, 0.3) is 0 Å². The third kappa shape index (κ3) is 2.73. The third-order valence-corrected chi connectivity index (χ3v) is 5.26. The highest BCUT2D eigenvalue weighted by atomic mass is 32.2. The molecule has 3 aromatic rings. The number of halogens is 1. The van der Waals surface area contributed by atoms with Gasteiger partial charge in [-0.05, 0) is 30.3 Å². The van der Waals surface area contributed by atoms with Crippen molar-refractivity contribution in [3.05, 3.63) is 78.3 Å². The lowest BCUT2D eigenvalue weighted by Crippen LogP contribution is -2.27. The first kappa shape index (κ1) is 15.1. The molecular weight excluding hydrogens is 327 g/mol. The summed E-state index contributed by atoms with van der Waals surface area (Å²) in [4.78, 5) is 14.0. The molecule has 0 saturated carbocycles. The van der Waals surface area contributed by atoms with E-state index in [1.807, 2.05) is 30.6 Å². The second-order valence-corrected chi connectivity index (χ2v) is 6.64. The van der Waals surface area contributed by atoms with Crippen LogP contribution in [-0.4, -0.2) is 21.1 Å². The van der Waals surface area contributed by atoms with Crippen LogP contribution in [-0.2, 0) is 11.3 Å². The Bertz CT molecular complexity index is 860.